The molecule has 1 aliphatic heterocycles. The van der Waals surface area contributed by atoms with Crippen molar-refractivity contribution in [1.29, 1.82) is 0 Å². The van der Waals surface area contributed by atoms with Gasteiger partial charge in [0.15, 0.2) is 0 Å². The van der Waals surface area contributed by atoms with Crippen molar-refractivity contribution < 1.29 is 9.53 Å². The Kier molecular flexibility index (Phi) is 3.67. The van der Waals surface area contributed by atoms with Crippen molar-refractivity contribution >= 4 is 25.4 Å². The molecular weight excluding hydrogens is 267 g/mol. The summed E-state index contributed by atoms with van der Waals surface area (Å²) in [5.41, 5.74) is 0. The molecule has 0 saturated carbocycles. The number of benzene rings is 1. The van der Waals surface area contributed by atoms with E-state index in [-0.39, 0.29) is 31.8 Å². The molecule has 0 N–H and O–H groups in total. The van der Waals surface area contributed by atoms with E-state index in [4.69, 9.17) is 4.74 Å². The van der Waals surface area contributed by atoms with Crippen LogP contribution >= 0.6 is 0 Å². The molecule has 16 heavy (non-hydrogen) atoms. The molecule has 86 valence electrons. The number of ether oxygens (including phenoxy) is 1. The molecule has 1 fully saturated rings. The van der Waals surface area contributed by atoms with E-state index in [1.807, 2.05) is 18.2 Å². The van der Waals surface area contributed by atoms with Crippen LogP contribution < -0.4 is 4.46 Å². The molecule has 0 radical (unpaired) electrons. The molecule has 1 aromatic rings. The van der Waals surface area contributed by atoms with Crippen molar-refractivity contribution in [2.45, 2.75) is 31.2 Å². The normalized spacial score (nSPS) is 29.1. The second-order valence-electron chi connectivity index (χ2n) is 4.09. The Hall–Kier alpha value is -0.791. The van der Waals surface area contributed by atoms with Crippen molar-refractivity contribution in [3.05, 3.63) is 30.3 Å². The molecule has 3 atom stereocenters. The number of esters is 1. The average Bonchev–Trinajstić information content (AvgIpc) is 2.58. The first-order valence-corrected chi connectivity index (χ1v) is 7.49. The van der Waals surface area contributed by atoms with Crippen LogP contribution in [0.5, 0.6) is 0 Å². The van der Waals surface area contributed by atoms with Gasteiger partial charge in [-0.2, -0.15) is 0 Å². The van der Waals surface area contributed by atoms with Crippen molar-refractivity contribution in [2.75, 3.05) is 0 Å². The Morgan fingerprint density at radius 3 is 2.56 bits per heavy atom. The van der Waals surface area contributed by atoms with Crippen molar-refractivity contribution in [3.8, 4) is 0 Å². The van der Waals surface area contributed by atoms with E-state index in [1.165, 1.54) is 4.46 Å². The molecule has 1 aliphatic rings. The van der Waals surface area contributed by atoms with Gasteiger partial charge in [-0.1, -0.05) is 0 Å². The van der Waals surface area contributed by atoms with Gasteiger partial charge in [0.2, 0.25) is 0 Å². The summed E-state index contributed by atoms with van der Waals surface area (Å²) in [5.74, 6) is 0.362. The number of hydrogen-bond donors (Lipinski definition) is 0. The Balaban J connectivity index is 2.08. The minimum absolute atomic E-state index is 0.00297. The molecule has 1 heterocycles. The molecule has 0 spiro atoms. The van der Waals surface area contributed by atoms with Crippen LogP contribution in [-0.4, -0.2) is 27.0 Å². The first-order valence-electron chi connectivity index (χ1n) is 5.64. The van der Waals surface area contributed by atoms with Crippen LogP contribution in [0.4, 0.5) is 0 Å². The molecule has 1 saturated heterocycles. The Morgan fingerprint density at radius 1 is 1.31 bits per heavy atom. The average molecular weight is 283 g/mol. The molecule has 0 aliphatic carbocycles. The van der Waals surface area contributed by atoms with Gasteiger partial charge in [0.25, 0.3) is 0 Å². The molecular formula is C13H16O2Se. The van der Waals surface area contributed by atoms with E-state index in [1.54, 1.807) is 0 Å². The van der Waals surface area contributed by atoms with Crippen LogP contribution in [0, 0.1) is 5.92 Å². The van der Waals surface area contributed by atoms with Crippen molar-refractivity contribution in [1.82, 2.24) is 0 Å². The topological polar surface area (TPSA) is 26.3 Å². The zero-order valence-electron chi connectivity index (χ0n) is 9.55. The van der Waals surface area contributed by atoms with Crippen LogP contribution in [0.3, 0.4) is 0 Å². The fourth-order valence-corrected chi connectivity index (χ4v) is 4.40. The van der Waals surface area contributed by atoms with Gasteiger partial charge in [0, 0.05) is 0 Å². The number of cyclic esters (lactones) is 1. The van der Waals surface area contributed by atoms with E-state index in [0.29, 0.717) is 5.92 Å². The molecule has 2 nitrogen and oxygen atoms in total. The second kappa shape index (κ2) is 5.03. The SMILES string of the molecule is CCC1OC(=O)C([Se]c2ccccc2)C1C. The molecule has 1 aromatic carbocycles. The van der Waals surface area contributed by atoms with E-state index in [9.17, 15) is 4.79 Å². The fraction of sp³-hybridized carbons (Fsp3) is 0.462. The summed E-state index contributed by atoms with van der Waals surface area (Å²) in [7, 11) is 0. The van der Waals surface area contributed by atoms with Gasteiger partial charge in [0.1, 0.15) is 0 Å². The Labute approximate surface area is 103 Å². The molecule has 0 bridgehead atoms. The van der Waals surface area contributed by atoms with E-state index in [2.05, 4.69) is 26.0 Å². The van der Waals surface area contributed by atoms with Gasteiger partial charge in [-0.05, 0) is 0 Å². The van der Waals surface area contributed by atoms with Crippen LogP contribution in [0.15, 0.2) is 30.3 Å². The van der Waals surface area contributed by atoms with Gasteiger partial charge in [-0.15, -0.1) is 0 Å². The molecule has 2 rings (SSSR count). The van der Waals surface area contributed by atoms with Gasteiger partial charge in [-0.25, -0.2) is 0 Å². The number of hydrogen-bond acceptors (Lipinski definition) is 2. The monoisotopic (exact) mass is 284 g/mol. The second-order valence-corrected chi connectivity index (χ2v) is 6.64. The fourth-order valence-electron chi connectivity index (χ4n) is 1.99. The quantitative estimate of drug-likeness (QED) is 0.624. The first-order chi connectivity index (χ1) is 7.72. The van der Waals surface area contributed by atoms with E-state index >= 15 is 0 Å². The number of carbonyl (C=O) groups is 1. The summed E-state index contributed by atoms with van der Waals surface area (Å²) >= 11 is 0.196. The van der Waals surface area contributed by atoms with Crippen LogP contribution in [0.2, 0.25) is 4.82 Å². The Morgan fingerprint density at radius 2 is 2.00 bits per heavy atom. The molecule has 0 amide bonds. The van der Waals surface area contributed by atoms with Crippen LogP contribution in [0.25, 0.3) is 0 Å². The summed E-state index contributed by atoms with van der Waals surface area (Å²) < 4.78 is 6.66. The van der Waals surface area contributed by atoms with Crippen LogP contribution in [0.1, 0.15) is 20.3 Å². The van der Waals surface area contributed by atoms with Crippen molar-refractivity contribution in [2.24, 2.45) is 5.92 Å². The molecule has 0 aromatic heterocycles. The van der Waals surface area contributed by atoms with Gasteiger partial charge in [0.05, 0.1) is 0 Å². The molecule has 3 unspecified atom stereocenters. The third kappa shape index (κ3) is 2.31. The van der Waals surface area contributed by atoms with Gasteiger partial charge < -0.3 is 0 Å². The minimum atomic E-state index is 0.00297. The summed E-state index contributed by atoms with van der Waals surface area (Å²) in [6, 6.07) is 10.3. The third-order valence-electron chi connectivity index (χ3n) is 2.97. The van der Waals surface area contributed by atoms with Crippen LogP contribution in [-0.2, 0) is 9.53 Å². The molecule has 3 heteroatoms. The number of rotatable bonds is 3. The summed E-state index contributed by atoms with van der Waals surface area (Å²) in [6.45, 7) is 4.21. The number of carbonyl (C=O) groups excluding carboxylic acids is 1. The summed E-state index contributed by atoms with van der Waals surface area (Å²) in [4.78, 5) is 11.8. The van der Waals surface area contributed by atoms with Gasteiger partial charge in [-0.3, -0.25) is 0 Å². The predicted octanol–water partition coefficient (Wildman–Crippen LogP) is 1.78. The summed E-state index contributed by atoms with van der Waals surface area (Å²) in [6.07, 6.45) is 1.05. The summed E-state index contributed by atoms with van der Waals surface area (Å²) in [5, 5.41) is 0. The third-order valence-corrected chi connectivity index (χ3v) is 5.95. The van der Waals surface area contributed by atoms with E-state index < -0.39 is 0 Å². The maximum absolute atomic E-state index is 11.8. The van der Waals surface area contributed by atoms with E-state index in [0.717, 1.165) is 6.42 Å². The first kappa shape index (κ1) is 11.7. The zero-order chi connectivity index (χ0) is 11.5. The zero-order valence-corrected chi connectivity index (χ0v) is 11.3. The van der Waals surface area contributed by atoms with Crippen molar-refractivity contribution in [3.63, 3.8) is 0 Å². The van der Waals surface area contributed by atoms with Gasteiger partial charge >= 0.3 is 102 Å². The maximum atomic E-state index is 11.8. The standard InChI is InChI=1S/C13H16O2Se/c1-3-11-9(2)12(13(14)15-11)16-10-7-5-4-6-8-10/h4-9,11-12H,3H2,1-2H3. The Bertz CT molecular complexity index is 363. The predicted molar refractivity (Wildman–Crippen MR) is 64.9 cm³/mol.